The number of likely N-dealkylation sites (tertiary alicyclic amines) is 1. The molecule has 4 fully saturated rings. The average molecular weight is 392 g/mol. The molecule has 6 rings (SSSR count). The van der Waals surface area contributed by atoms with Gasteiger partial charge in [-0.25, -0.2) is 0 Å². The highest BCUT2D eigenvalue weighted by molar-refractivity contribution is 5.97. The number of benzene rings is 2. The molecule has 0 radical (unpaired) electrons. The van der Waals surface area contributed by atoms with E-state index in [4.69, 9.17) is 4.74 Å². The van der Waals surface area contributed by atoms with Gasteiger partial charge in [0.2, 0.25) is 0 Å². The highest BCUT2D eigenvalue weighted by Crippen LogP contribution is 2.47. The number of phenolic OH excluding ortho intramolecular Hbond substituents is 1. The fourth-order valence-corrected chi connectivity index (χ4v) is 5.81. The predicted molar refractivity (Wildman–Crippen MR) is 111 cm³/mol. The van der Waals surface area contributed by atoms with Crippen LogP contribution in [0.2, 0.25) is 0 Å². The van der Waals surface area contributed by atoms with Gasteiger partial charge in [-0.05, 0) is 68.6 Å². The Labute approximate surface area is 171 Å². The highest BCUT2D eigenvalue weighted by Gasteiger charge is 2.54. The van der Waals surface area contributed by atoms with Crippen molar-refractivity contribution in [1.29, 1.82) is 0 Å². The van der Waals surface area contributed by atoms with Crippen molar-refractivity contribution < 1.29 is 14.6 Å². The molecule has 2 aromatic rings. The number of methoxy groups -OCH3 is 1. The normalized spacial score (nSPS) is 30.3. The Balaban J connectivity index is 1.52. The van der Waals surface area contributed by atoms with Crippen molar-refractivity contribution in [2.24, 2.45) is 5.92 Å². The summed E-state index contributed by atoms with van der Waals surface area (Å²) in [6.07, 6.45) is 2.33. The number of hydrogen-bond donors (Lipinski definition) is 1. The van der Waals surface area contributed by atoms with E-state index in [1.807, 2.05) is 25.1 Å². The van der Waals surface area contributed by atoms with Gasteiger partial charge in [0.1, 0.15) is 11.5 Å². The van der Waals surface area contributed by atoms with Gasteiger partial charge in [-0.15, -0.1) is 0 Å². The van der Waals surface area contributed by atoms with E-state index < -0.39 is 0 Å². The van der Waals surface area contributed by atoms with Crippen LogP contribution < -0.4 is 4.74 Å². The number of nitrogens with zero attached hydrogens (tertiary/aromatic N) is 2. The zero-order valence-electron chi connectivity index (χ0n) is 17.0. The summed E-state index contributed by atoms with van der Waals surface area (Å²) in [6, 6.07) is 14.2. The van der Waals surface area contributed by atoms with E-state index in [2.05, 4.69) is 21.9 Å². The summed E-state index contributed by atoms with van der Waals surface area (Å²) in [7, 11) is 1.68. The lowest BCUT2D eigenvalue weighted by Gasteiger charge is -2.51. The molecule has 4 aliphatic heterocycles. The van der Waals surface area contributed by atoms with Gasteiger partial charge in [0.15, 0.2) is 0 Å². The third kappa shape index (κ3) is 2.91. The second-order valence-electron chi connectivity index (χ2n) is 8.64. The van der Waals surface area contributed by atoms with Crippen LogP contribution in [-0.2, 0) is 0 Å². The van der Waals surface area contributed by atoms with Crippen molar-refractivity contribution in [1.82, 2.24) is 9.80 Å². The molecule has 0 aromatic heterocycles. The number of hydrogen-bond acceptors (Lipinski definition) is 4. The highest BCUT2D eigenvalue weighted by atomic mass is 16.5. The first-order valence-corrected chi connectivity index (χ1v) is 10.6. The second-order valence-corrected chi connectivity index (χ2v) is 8.64. The number of phenols is 1. The molecule has 1 amide bonds. The van der Waals surface area contributed by atoms with Crippen molar-refractivity contribution in [3.63, 3.8) is 0 Å². The van der Waals surface area contributed by atoms with E-state index >= 15 is 0 Å². The number of carbonyl (C=O) groups excluding carboxylic acids is 1. The number of carbonyl (C=O) groups is 1. The van der Waals surface area contributed by atoms with Crippen molar-refractivity contribution >= 4 is 5.91 Å². The number of rotatable bonds is 3. The smallest absolute Gasteiger partial charge is 0.254 e. The molecule has 0 saturated carbocycles. The molecule has 4 saturated heterocycles. The van der Waals surface area contributed by atoms with Crippen LogP contribution in [0.15, 0.2) is 42.5 Å². The molecule has 4 heterocycles. The molecule has 3 atom stereocenters. The topological polar surface area (TPSA) is 53.0 Å². The molecule has 29 heavy (non-hydrogen) atoms. The lowest BCUT2D eigenvalue weighted by molar-refractivity contribution is -0.00344. The molecule has 152 valence electrons. The van der Waals surface area contributed by atoms with Crippen LogP contribution in [0.4, 0.5) is 0 Å². The molecular formula is C24H28N2O3. The molecule has 5 heteroatoms. The van der Waals surface area contributed by atoms with Crippen molar-refractivity contribution in [2.75, 3.05) is 26.7 Å². The van der Waals surface area contributed by atoms with Gasteiger partial charge >= 0.3 is 0 Å². The van der Waals surface area contributed by atoms with Crippen molar-refractivity contribution in [3.05, 3.63) is 59.2 Å². The summed E-state index contributed by atoms with van der Waals surface area (Å²) in [5, 5.41) is 10.1. The summed E-state index contributed by atoms with van der Waals surface area (Å²) < 4.78 is 5.33. The summed E-state index contributed by atoms with van der Waals surface area (Å²) in [6.45, 7) is 4.81. The molecular weight excluding hydrogens is 364 g/mol. The van der Waals surface area contributed by atoms with Gasteiger partial charge < -0.3 is 14.7 Å². The largest absolute Gasteiger partial charge is 0.508 e. The van der Waals surface area contributed by atoms with E-state index in [1.54, 1.807) is 19.2 Å². The van der Waals surface area contributed by atoms with Crippen LogP contribution in [0.25, 0.3) is 0 Å². The zero-order chi connectivity index (χ0) is 20.1. The first kappa shape index (κ1) is 18.5. The Morgan fingerprint density at radius 1 is 1.07 bits per heavy atom. The Hall–Kier alpha value is -2.53. The minimum absolute atomic E-state index is 0.0539. The Kier molecular flexibility index (Phi) is 4.50. The van der Waals surface area contributed by atoms with Crippen LogP contribution in [0.3, 0.4) is 0 Å². The van der Waals surface area contributed by atoms with Crippen LogP contribution in [-0.4, -0.2) is 59.6 Å². The van der Waals surface area contributed by atoms with E-state index in [9.17, 15) is 9.90 Å². The maximum atomic E-state index is 13.6. The standard InChI is InChI=1S/C24H28N2O3/c1-15-19(4-3-5-21(15)27)24(28)26-14-20(16-6-8-18(29-2)9-7-16)23-22(26)17-10-12-25(23)13-11-17/h3-9,17,20,22-23,27H,10-14H2,1-2H3/t20-,22+,23+/m1/s1. The molecule has 0 unspecified atom stereocenters. The second kappa shape index (κ2) is 7.06. The SMILES string of the molecule is COc1ccc([C@H]2CN(C(=O)c3cccc(O)c3C)[C@H]3C4CCN(CC4)[C@@H]23)cc1. The van der Waals surface area contributed by atoms with Crippen molar-refractivity contribution in [2.45, 2.75) is 37.8 Å². The monoisotopic (exact) mass is 392 g/mol. The van der Waals surface area contributed by atoms with Gasteiger partial charge in [-0.3, -0.25) is 9.69 Å². The van der Waals surface area contributed by atoms with E-state index in [0.717, 1.165) is 25.4 Å². The van der Waals surface area contributed by atoms with Crippen LogP contribution in [0.1, 0.15) is 40.2 Å². The third-order valence-electron chi connectivity index (χ3n) is 7.33. The molecule has 5 nitrogen and oxygen atoms in total. The Morgan fingerprint density at radius 2 is 1.79 bits per heavy atom. The van der Waals surface area contributed by atoms with E-state index in [-0.39, 0.29) is 17.7 Å². The Morgan fingerprint density at radius 3 is 2.48 bits per heavy atom. The van der Waals surface area contributed by atoms with Gasteiger partial charge in [-0.2, -0.15) is 0 Å². The number of amides is 1. The van der Waals surface area contributed by atoms with E-state index in [1.165, 1.54) is 18.4 Å². The molecule has 0 spiro atoms. The summed E-state index contributed by atoms with van der Waals surface area (Å²) in [4.78, 5) is 18.3. The molecule has 4 aliphatic rings. The quantitative estimate of drug-likeness (QED) is 0.870. The van der Waals surface area contributed by atoms with Gasteiger partial charge in [0.05, 0.1) is 13.2 Å². The molecule has 2 bridgehead atoms. The van der Waals surface area contributed by atoms with Gasteiger partial charge in [-0.1, -0.05) is 18.2 Å². The predicted octanol–water partition coefficient (Wildman–Crippen LogP) is 3.41. The number of fused-ring (bicyclic) bond motifs is 2. The van der Waals surface area contributed by atoms with Gasteiger partial charge in [0, 0.05) is 29.6 Å². The van der Waals surface area contributed by atoms with Gasteiger partial charge in [0.25, 0.3) is 5.91 Å². The number of aromatic hydroxyl groups is 1. The van der Waals surface area contributed by atoms with Crippen molar-refractivity contribution in [3.8, 4) is 11.5 Å². The first-order chi connectivity index (χ1) is 14.1. The third-order valence-corrected chi connectivity index (χ3v) is 7.33. The van der Waals surface area contributed by atoms with Crippen LogP contribution in [0, 0.1) is 12.8 Å². The Bertz CT molecular complexity index is 918. The number of piperidine rings is 3. The number of ether oxygens (including phenoxy) is 1. The average Bonchev–Trinajstić information content (AvgIpc) is 3.19. The fourth-order valence-electron chi connectivity index (χ4n) is 5.81. The lowest BCUT2D eigenvalue weighted by atomic mass is 9.75. The minimum Gasteiger partial charge on any atom is -0.508 e. The zero-order valence-corrected chi connectivity index (χ0v) is 17.0. The van der Waals surface area contributed by atoms with E-state index in [0.29, 0.717) is 29.0 Å². The summed E-state index contributed by atoms with van der Waals surface area (Å²) in [5.41, 5.74) is 2.56. The minimum atomic E-state index is 0.0539. The maximum absolute atomic E-state index is 13.6. The first-order valence-electron chi connectivity index (χ1n) is 10.6. The van der Waals surface area contributed by atoms with Crippen LogP contribution >= 0.6 is 0 Å². The molecule has 1 N–H and O–H groups in total. The molecule has 2 aromatic carbocycles. The summed E-state index contributed by atoms with van der Waals surface area (Å²) >= 11 is 0. The lowest BCUT2D eigenvalue weighted by Crippen LogP contribution is -2.60. The maximum Gasteiger partial charge on any atom is 0.254 e. The fraction of sp³-hybridized carbons (Fsp3) is 0.458. The summed E-state index contributed by atoms with van der Waals surface area (Å²) in [5.74, 6) is 1.97. The molecule has 0 aliphatic carbocycles. The van der Waals surface area contributed by atoms with Crippen LogP contribution in [0.5, 0.6) is 11.5 Å².